The predicted octanol–water partition coefficient (Wildman–Crippen LogP) is 4.00. The highest BCUT2D eigenvalue weighted by Crippen LogP contribution is 2.53. The molecule has 3 aliphatic carbocycles. The lowest BCUT2D eigenvalue weighted by molar-refractivity contribution is -0.0746. The van der Waals surface area contributed by atoms with Gasteiger partial charge in [-0.1, -0.05) is 20.3 Å². The first-order valence-electron chi connectivity index (χ1n) is 7.79. The molecule has 6 unspecified atom stereocenters. The number of hydrogen-bond donors (Lipinski definition) is 1. The molecule has 0 aliphatic heterocycles. The second kappa shape index (κ2) is 4.26. The van der Waals surface area contributed by atoms with Gasteiger partial charge < -0.3 is 5.11 Å². The fourth-order valence-electron chi connectivity index (χ4n) is 5.07. The first kappa shape index (κ1) is 12.0. The van der Waals surface area contributed by atoms with Crippen LogP contribution in [0.2, 0.25) is 0 Å². The zero-order valence-electron chi connectivity index (χ0n) is 11.5. The monoisotopic (exact) mass is 236 g/mol. The summed E-state index contributed by atoms with van der Waals surface area (Å²) in [6.45, 7) is 4.62. The molecule has 0 spiro atoms. The van der Waals surface area contributed by atoms with Crippen molar-refractivity contribution < 1.29 is 5.11 Å². The highest BCUT2D eigenvalue weighted by molar-refractivity contribution is 4.97. The Morgan fingerprint density at radius 2 is 1.88 bits per heavy atom. The van der Waals surface area contributed by atoms with Crippen molar-refractivity contribution >= 4 is 0 Å². The van der Waals surface area contributed by atoms with Gasteiger partial charge in [0.05, 0.1) is 5.60 Å². The van der Waals surface area contributed by atoms with E-state index in [1.807, 2.05) is 0 Å². The predicted molar refractivity (Wildman–Crippen MR) is 70.7 cm³/mol. The summed E-state index contributed by atoms with van der Waals surface area (Å²) in [5.74, 6) is 4.19. The summed E-state index contributed by atoms with van der Waals surface area (Å²) < 4.78 is 0. The van der Waals surface area contributed by atoms with Crippen molar-refractivity contribution in [3.63, 3.8) is 0 Å². The molecule has 3 rings (SSSR count). The van der Waals surface area contributed by atoms with Crippen molar-refractivity contribution in [3.05, 3.63) is 0 Å². The highest BCUT2D eigenvalue weighted by atomic mass is 16.3. The van der Waals surface area contributed by atoms with Gasteiger partial charge >= 0.3 is 0 Å². The Balaban J connectivity index is 1.63. The van der Waals surface area contributed by atoms with E-state index in [0.29, 0.717) is 5.92 Å². The molecule has 3 saturated carbocycles. The molecule has 17 heavy (non-hydrogen) atoms. The van der Waals surface area contributed by atoms with Gasteiger partial charge in [0.1, 0.15) is 0 Å². The van der Waals surface area contributed by atoms with Crippen LogP contribution in [0.15, 0.2) is 0 Å². The van der Waals surface area contributed by atoms with Crippen LogP contribution in [-0.2, 0) is 0 Å². The third-order valence-corrected chi connectivity index (χ3v) is 6.24. The highest BCUT2D eigenvalue weighted by Gasteiger charge is 2.46. The van der Waals surface area contributed by atoms with E-state index in [4.69, 9.17) is 0 Å². The fourth-order valence-corrected chi connectivity index (χ4v) is 5.07. The Labute approximate surface area is 106 Å². The molecule has 0 aromatic heterocycles. The molecule has 3 fully saturated rings. The minimum atomic E-state index is -0.318. The van der Waals surface area contributed by atoms with E-state index < -0.39 is 0 Å². The average Bonchev–Trinajstić information content (AvgIpc) is 2.86. The van der Waals surface area contributed by atoms with Crippen LogP contribution in [-0.4, -0.2) is 10.7 Å². The molecule has 0 radical (unpaired) electrons. The van der Waals surface area contributed by atoms with Crippen LogP contribution in [0, 0.1) is 29.6 Å². The van der Waals surface area contributed by atoms with Gasteiger partial charge in [-0.15, -0.1) is 0 Å². The molecule has 0 aromatic rings. The summed E-state index contributed by atoms with van der Waals surface area (Å²) >= 11 is 0. The number of fused-ring (bicyclic) bond motifs is 2. The van der Waals surface area contributed by atoms with Crippen molar-refractivity contribution in [2.24, 2.45) is 29.6 Å². The van der Waals surface area contributed by atoms with Crippen molar-refractivity contribution in [3.8, 4) is 0 Å². The largest absolute Gasteiger partial charge is 0.390 e. The zero-order chi connectivity index (χ0) is 12.0. The average molecular weight is 236 g/mol. The van der Waals surface area contributed by atoms with E-state index >= 15 is 0 Å². The third-order valence-electron chi connectivity index (χ3n) is 6.24. The van der Waals surface area contributed by atoms with E-state index in [1.165, 1.54) is 38.5 Å². The number of aliphatic hydroxyl groups is 1. The summed E-state index contributed by atoms with van der Waals surface area (Å²) in [5, 5.41) is 10.9. The van der Waals surface area contributed by atoms with Gasteiger partial charge in [0, 0.05) is 0 Å². The van der Waals surface area contributed by atoms with Crippen molar-refractivity contribution in [1.29, 1.82) is 0 Å². The Kier molecular flexibility index (Phi) is 3.01. The molecular formula is C16H28O. The Morgan fingerprint density at radius 3 is 2.47 bits per heavy atom. The molecule has 98 valence electrons. The van der Waals surface area contributed by atoms with Gasteiger partial charge in [-0.25, -0.2) is 0 Å². The number of hydrogen-bond acceptors (Lipinski definition) is 1. The van der Waals surface area contributed by atoms with E-state index in [2.05, 4.69) is 13.8 Å². The van der Waals surface area contributed by atoms with Crippen molar-refractivity contribution in [1.82, 2.24) is 0 Å². The lowest BCUT2D eigenvalue weighted by atomic mass is 9.67. The second-order valence-corrected chi connectivity index (χ2v) is 7.52. The molecule has 0 amide bonds. The standard InChI is InChI=1S/C16H28O/c1-11-5-6-16(17,12(2)7-11)10-15-9-13-3-4-14(15)8-13/h11-15,17H,3-10H2,1-2H3. The molecule has 1 nitrogen and oxygen atoms in total. The molecule has 0 aromatic carbocycles. The van der Waals surface area contributed by atoms with Crippen molar-refractivity contribution in [2.45, 2.75) is 70.8 Å². The lowest BCUT2D eigenvalue weighted by Gasteiger charge is -2.43. The molecule has 3 aliphatic rings. The van der Waals surface area contributed by atoms with E-state index in [-0.39, 0.29) is 5.60 Å². The van der Waals surface area contributed by atoms with Crippen LogP contribution >= 0.6 is 0 Å². The molecule has 0 saturated heterocycles. The first-order chi connectivity index (χ1) is 8.07. The van der Waals surface area contributed by atoms with Crippen LogP contribution in [0.5, 0.6) is 0 Å². The van der Waals surface area contributed by atoms with E-state index in [1.54, 1.807) is 0 Å². The van der Waals surface area contributed by atoms with Crippen molar-refractivity contribution in [2.75, 3.05) is 0 Å². The maximum absolute atomic E-state index is 10.9. The van der Waals surface area contributed by atoms with Crippen LogP contribution in [0.25, 0.3) is 0 Å². The molecule has 1 heteroatoms. The quantitative estimate of drug-likeness (QED) is 0.768. The summed E-state index contributed by atoms with van der Waals surface area (Å²) in [6.07, 6.45) is 10.5. The van der Waals surface area contributed by atoms with Gasteiger partial charge in [-0.3, -0.25) is 0 Å². The van der Waals surface area contributed by atoms with Gasteiger partial charge in [-0.2, -0.15) is 0 Å². The summed E-state index contributed by atoms with van der Waals surface area (Å²) in [5.41, 5.74) is -0.318. The molecule has 6 atom stereocenters. The minimum absolute atomic E-state index is 0.318. The van der Waals surface area contributed by atoms with Gasteiger partial charge in [0.2, 0.25) is 0 Å². The summed E-state index contributed by atoms with van der Waals surface area (Å²) in [7, 11) is 0. The smallest absolute Gasteiger partial charge is 0.0676 e. The summed E-state index contributed by atoms with van der Waals surface area (Å²) in [6, 6.07) is 0. The first-order valence-corrected chi connectivity index (χ1v) is 7.79. The second-order valence-electron chi connectivity index (χ2n) is 7.52. The van der Waals surface area contributed by atoms with Crippen LogP contribution < -0.4 is 0 Å². The lowest BCUT2D eigenvalue weighted by Crippen LogP contribution is -2.43. The normalized spacial score (nSPS) is 54.2. The third kappa shape index (κ3) is 2.16. The maximum atomic E-state index is 10.9. The zero-order valence-corrected chi connectivity index (χ0v) is 11.5. The molecular weight excluding hydrogens is 208 g/mol. The van der Waals surface area contributed by atoms with Gasteiger partial charge in [0.25, 0.3) is 0 Å². The summed E-state index contributed by atoms with van der Waals surface area (Å²) in [4.78, 5) is 0. The van der Waals surface area contributed by atoms with Gasteiger partial charge in [-0.05, 0) is 74.5 Å². The SMILES string of the molecule is CC1CCC(O)(CC2CC3CCC2C3)C(C)C1. The van der Waals surface area contributed by atoms with Crippen LogP contribution in [0.4, 0.5) is 0 Å². The molecule has 2 bridgehead atoms. The Bertz CT molecular complexity index is 287. The molecule has 0 heterocycles. The fraction of sp³-hybridized carbons (Fsp3) is 1.00. The van der Waals surface area contributed by atoms with Crippen LogP contribution in [0.1, 0.15) is 65.2 Å². The maximum Gasteiger partial charge on any atom is 0.0676 e. The molecule has 1 N–H and O–H groups in total. The Hall–Kier alpha value is -0.0400. The van der Waals surface area contributed by atoms with Gasteiger partial charge in [0.15, 0.2) is 0 Å². The van der Waals surface area contributed by atoms with E-state index in [9.17, 15) is 5.11 Å². The number of rotatable bonds is 2. The Morgan fingerprint density at radius 1 is 1.06 bits per heavy atom. The minimum Gasteiger partial charge on any atom is -0.390 e. The topological polar surface area (TPSA) is 20.2 Å². The van der Waals surface area contributed by atoms with E-state index in [0.717, 1.165) is 36.5 Å². The van der Waals surface area contributed by atoms with Crippen LogP contribution in [0.3, 0.4) is 0 Å².